The molecule has 0 aromatic heterocycles. The van der Waals surface area contributed by atoms with E-state index in [2.05, 4.69) is 16.0 Å². The summed E-state index contributed by atoms with van der Waals surface area (Å²) < 4.78 is 17.7. The van der Waals surface area contributed by atoms with Crippen LogP contribution in [0.15, 0.2) is 24.3 Å². The van der Waals surface area contributed by atoms with Crippen LogP contribution in [0, 0.1) is 5.82 Å². The topological polar surface area (TPSA) is 114 Å². The molecular weight excluding hydrogens is 401 g/mol. The molecule has 0 saturated heterocycles. The number of amides is 4. The summed E-state index contributed by atoms with van der Waals surface area (Å²) >= 11 is 1.03. The average Bonchev–Trinajstić information content (AvgIpc) is 3.18. The van der Waals surface area contributed by atoms with Gasteiger partial charge in [0.15, 0.2) is 6.61 Å². The van der Waals surface area contributed by atoms with Crippen molar-refractivity contribution in [2.24, 2.45) is 0 Å². The lowest BCUT2D eigenvalue weighted by Gasteiger charge is -2.13. The predicted octanol–water partition coefficient (Wildman–Crippen LogP) is 2.20. The van der Waals surface area contributed by atoms with E-state index in [1.165, 1.54) is 24.3 Å². The Bertz CT molecular complexity index is 738. The Labute approximate surface area is 172 Å². The molecule has 10 heteroatoms. The maximum atomic E-state index is 12.8. The van der Waals surface area contributed by atoms with Gasteiger partial charge in [0.1, 0.15) is 11.1 Å². The van der Waals surface area contributed by atoms with Gasteiger partial charge in [-0.25, -0.2) is 9.18 Å². The quantitative estimate of drug-likeness (QED) is 0.550. The Morgan fingerprint density at radius 2 is 1.79 bits per heavy atom. The van der Waals surface area contributed by atoms with E-state index in [1.807, 2.05) is 0 Å². The largest absolute Gasteiger partial charge is 0.455 e. The van der Waals surface area contributed by atoms with Gasteiger partial charge in [0.25, 0.3) is 5.91 Å². The fraction of sp³-hybridized carbons (Fsp3) is 0.474. The molecule has 0 aliphatic heterocycles. The number of carbonyl (C=O) groups is 4. The molecule has 1 saturated carbocycles. The Morgan fingerprint density at radius 3 is 2.45 bits per heavy atom. The molecule has 1 aromatic carbocycles. The molecule has 1 aromatic rings. The molecule has 0 heterocycles. The molecule has 158 valence electrons. The number of carbonyl (C=O) groups excluding carboxylic acids is 4. The van der Waals surface area contributed by atoms with Gasteiger partial charge >= 0.3 is 12.0 Å². The number of ether oxygens (including phenoxy) is 1. The van der Waals surface area contributed by atoms with Gasteiger partial charge in [-0.3, -0.25) is 19.7 Å². The molecule has 0 bridgehead atoms. The first kappa shape index (κ1) is 22.7. The van der Waals surface area contributed by atoms with Crippen molar-refractivity contribution in [3.05, 3.63) is 30.1 Å². The van der Waals surface area contributed by atoms with Crippen molar-refractivity contribution in [2.75, 3.05) is 17.7 Å². The summed E-state index contributed by atoms with van der Waals surface area (Å²) in [7, 11) is 0. The summed E-state index contributed by atoms with van der Waals surface area (Å²) in [5.41, 5.74) is 0.444. The van der Waals surface area contributed by atoms with Gasteiger partial charge in [-0.1, -0.05) is 12.8 Å². The second-order valence-corrected chi connectivity index (χ2v) is 7.95. The fourth-order valence-electron chi connectivity index (χ4n) is 2.71. The highest BCUT2D eigenvalue weighted by Crippen LogP contribution is 2.17. The van der Waals surface area contributed by atoms with Gasteiger partial charge in [0.2, 0.25) is 5.91 Å². The number of thioether (sulfide) groups is 1. The van der Waals surface area contributed by atoms with E-state index >= 15 is 0 Å². The summed E-state index contributed by atoms with van der Waals surface area (Å²) in [6.45, 7) is 0.965. The van der Waals surface area contributed by atoms with Gasteiger partial charge in [-0.2, -0.15) is 0 Å². The van der Waals surface area contributed by atoms with Gasteiger partial charge in [-0.05, 0) is 44.0 Å². The number of benzene rings is 1. The summed E-state index contributed by atoms with van der Waals surface area (Å²) in [5, 5.41) is 6.71. The second kappa shape index (κ2) is 11.4. The number of anilines is 1. The number of esters is 1. The van der Waals surface area contributed by atoms with E-state index in [4.69, 9.17) is 4.74 Å². The van der Waals surface area contributed by atoms with Crippen LogP contribution in [0.5, 0.6) is 0 Å². The van der Waals surface area contributed by atoms with Crippen molar-refractivity contribution in [2.45, 2.75) is 43.9 Å². The third-order valence-corrected chi connectivity index (χ3v) is 5.33. The summed E-state index contributed by atoms with van der Waals surface area (Å²) in [6, 6.07) is 4.78. The molecule has 0 radical (unpaired) electrons. The summed E-state index contributed by atoms with van der Waals surface area (Å²) in [4.78, 5) is 47.2. The summed E-state index contributed by atoms with van der Waals surface area (Å²) in [6.07, 6.45) is 3.88. The van der Waals surface area contributed by atoms with Crippen LogP contribution in [0.1, 0.15) is 32.6 Å². The number of rotatable bonds is 8. The highest BCUT2D eigenvalue weighted by molar-refractivity contribution is 8.01. The molecule has 1 fully saturated rings. The van der Waals surface area contributed by atoms with Crippen molar-refractivity contribution in [1.82, 2.24) is 10.6 Å². The number of hydrogen-bond donors (Lipinski definition) is 3. The van der Waals surface area contributed by atoms with Crippen LogP contribution in [0.4, 0.5) is 14.9 Å². The first-order chi connectivity index (χ1) is 13.8. The highest BCUT2D eigenvalue weighted by Gasteiger charge is 2.20. The van der Waals surface area contributed by atoms with E-state index in [9.17, 15) is 23.6 Å². The minimum Gasteiger partial charge on any atom is -0.455 e. The minimum absolute atomic E-state index is 0.0242. The normalized spacial score (nSPS) is 14.7. The molecule has 29 heavy (non-hydrogen) atoms. The van der Waals surface area contributed by atoms with Gasteiger partial charge < -0.3 is 15.4 Å². The SMILES string of the molecule is CC(SCC(=O)Nc1ccc(F)cc1)C(=O)OCC(=O)NC(=O)NC1CCCC1. The number of hydrogen-bond acceptors (Lipinski definition) is 6. The highest BCUT2D eigenvalue weighted by atomic mass is 32.2. The smallest absolute Gasteiger partial charge is 0.321 e. The molecule has 1 aliphatic rings. The Balaban J connectivity index is 1.62. The molecule has 8 nitrogen and oxygen atoms in total. The molecular formula is C19H24FN3O5S. The van der Waals surface area contributed by atoms with Crippen LogP contribution in [-0.4, -0.2) is 47.5 Å². The first-order valence-corrected chi connectivity index (χ1v) is 10.3. The van der Waals surface area contributed by atoms with Crippen molar-refractivity contribution >= 4 is 41.3 Å². The van der Waals surface area contributed by atoms with Crippen LogP contribution < -0.4 is 16.0 Å². The summed E-state index contributed by atoms with van der Waals surface area (Å²) in [5.74, 6) is -2.18. The molecule has 1 atom stereocenters. The Hall–Kier alpha value is -2.62. The van der Waals surface area contributed by atoms with Gasteiger partial charge in [-0.15, -0.1) is 11.8 Å². The number of urea groups is 1. The molecule has 1 aliphatic carbocycles. The van der Waals surface area contributed by atoms with Crippen molar-refractivity contribution in [1.29, 1.82) is 0 Å². The third kappa shape index (κ3) is 8.51. The zero-order valence-corrected chi connectivity index (χ0v) is 16.9. The van der Waals surface area contributed by atoms with Crippen molar-refractivity contribution < 1.29 is 28.3 Å². The second-order valence-electron chi connectivity index (χ2n) is 6.62. The minimum atomic E-state index is -0.722. The van der Waals surface area contributed by atoms with E-state index in [0.29, 0.717) is 5.69 Å². The van der Waals surface area contributed by atoms with E-state index < -0.39 is 35.6 Å². The van der Waals surface area contributed by atoms with Gasteiger partial charge in [0.05, 0.1) is 5.75 Å². The van der Waals surface area contributed by atoms with Crippen LogP contribution in [0.2, 0.25) is 0 Å². The lowest BCUT2D eigenvalue weighted by atomic mass is 10.2. The van der Waals surface area contributed by atoms with E-state index in [1.54, 1.807) is 6.92 Å². The van der Waals surface area contributed by atoms with E-state index in [-0.39, 0.29) is 17.7 Å². The molecule has 4 amide bonds. The molecule has 2 rings (SSSR count). The predicted molar refractivity (Wildman–Crippen MR) is 107 cm³/mol. The average molecular weight is 425 g/mol. The molecule has 1 unspecified atom stereocenters. The maximum Gasteiger partial charge on any atom is 0.321 e. The molecule has 3 N–H and O–H groups in total. The van der Waals surface area contributed by atoms with E-state index in [0.717, 1.165) is 37.4 Å². The zero-order valence-electron chi connectivity index (χ0n) is 16.0. The number of halogens is 1. The van der Waals surface area contributed by atoms with Crippen LogP contribution in [0.25, 0.3) is 0 Å². The third-order valence-electron chi connectivity index (χ3n) is 4.21. The number of imide groups is 1. The fourth-order valence-corrected chi connectivity index (χ4v) is 3.39. The lowest BCUT2D eigenvalue weighted by Crippen LogP contribution is -2.45. The Morgan fingerprint density at radius 1 is 1.14 bits per heavy atom. The zero-order chi connectivity index (χ0) is 21.2. The van der Waals surface area contributed by atoms with Gasteiger partial charge in [0, 0.05) is 11.7 Å². The first-order valence-electron chi connectivity index (χ1n) is 9.27. The standard InChI is InChI=1S/C19H24FN3O5S/c1-12(29-11-17(25)21-15-8-6-13(20)7-9-15)18(26)28-10-16(24)23-19(27)22-14-4-2-3-5-14/h6-9,12,14H,2-5,10-11H2,1H3,(H,21,25)(H2,22,23,24,27). The lowest BCUT2D eigenvalue weighted by molar-refractivity contribution is -0.147. The Kier molecular flexibility index (Phi) is 8.91. The molecule has 0 spiro atoms. The van der Waals surface area contributed by atoms with Crippen molar-refractivity contribution in [3.8, 4) is 0 Å². The van der Waals surface area contributed by atoms with Crippen LogP contribution in [-0.2, 0) is 19.1 Å². The maximum absolute atomic E-state index is 12.8. The van der Waals surface area contributed by atoms with Crippen molar-refractivity contribution in [3.63, 3.8) is 0 Å². The van der Waals surface area contributed by atoms with Crippen LogP contribution in [0.3, 0.4) is 0 Å². The monoisotopic (exact) mass is 425 g/mol. The number of nitrogens with one attached hydrogen (secondary N) is 3. The van der Waals surface area contributed by atoms with Crippen LogP contribution >= 0.6 is 11.8 Å².